The lowest BCUT2D eigenvalue weighted by molar-refractivity contribution is 1.28. The molecule has 0 spiro atoms. The van der Waals surface area contributed by atoms with Gasteiger partial charge in [0.2, 0.25) is 0 Å². The Balaban J connectivity index is 0.940. The molecule has 0 saturated carbocycles. The Kier molecular flexibility index (Phi) is 12.6. The monoisotopic (exact) mass is 1010 g/mol. The van der Waals surface area contributed by atoms with Crippen molar-refractivity contribution in [1.82, 2.24) is 0 Å². The second-order valence-electron chi connectivity index (χ2n) is 19.8. The fourth-order valence-electron chi connectivity index (χ4n) is 11.3. The molecule has 13 rings (SSSR count). The first kappa shape index (κ1) is 47.4. The molecule has 0 bridgehead atoms. The standard InChI is InChI=1S/C73H57N3S/c1-3-77(2)71-51-56(53-34-41-66(42-35-53)74(60-22-10-4-11-23-60)61-24-12-5-13-25-61)40-47-69(71)70-50-57(54-36-43-67(44-37-54)75(62-26-14-6-15-27-62)63-28-16-7-17-29-63)48-59-49-58(52-72(77)73(59)70)55-38-45-68(46-39-55)76(64-30-18-8-19-31-64)65-32-20-9-21-33-65/h4-52H,3H2,1-2H3. The van der Waals surface area contributed by atoms with Gasteiger partial charge in [-0.3, -0.25) is 0 Å². The van der Waals surface area contributed by atoms with E-state index in [1.165, 1.54) is 65.1 Å². The summed E-state index contributed by atoms with van der Waals surface area (Å²) in [6.07, 6.45) is 2.55. The third-order valence-corrected chi connectivity index (χ3v) is 19.1. The number of para-hydroxylation sites is 6. The molecule has 1 aliphatic heterocycles. The summed E-state index contributed by atoms with van der Waals surface area (Å²) in [6.45, 7) is 2.40. The maximum atomic E-state index is 2.55. The Hall–Kier alpha value is -9.35. The van der Waals surface area contributed by atoms with Crippen molar-refractivity contribution in [1.29, 1.82) is 0 Å². The zero-order chi connectivity index (χ0) is 51.7. The SMILES string of the molecule is CCS1(C)c2cc(-c3ccc(N(c4ccccc4)c4ccccc4)cc3)ccc2-c2cc(-c3ccc(N(c4ccccc4)c4ccccc4)cc3)cc3cc(-c4ccc(N(c5ccccc5)c5ccccc5)cc4)cc1c23. The number of benzene rings is 12. The number of fused-ring (bicyclic) bond motifs is 2. The fraction of sp³-hybridized carbons (Fsp3) is 0.0411. The summed E-state index contributed by atoms with van der Waals surface area (Å²) >= 11 is 0. The van der Waals surface area contributed by atoms with Crippen LogP contribution >= 0.6 is 10.0 Å². The highest BCUT2D eigenvalue weighted by Crippen LogP contribution is 2.68. The Morgan fingerprint density at radius 1 is 0.260 bits per heavy atom. The van der Waals surface area contributed by atoms with Crippen LogP contribution in [0.1, 0.15) is 6.92 Å². The molecule has 0 radical (unpaired) electrons. The highest BCUT2D eigenvalue weighted by molar-refractivity contribution is 8.33. The van der Waals surface area contributed by atoms with E-state index >= 15 is 0 Å². The first-order valence-corrected chi connectivity index (χ1v) is 28.8. The highest BCUT2D eigenvalue weighted by Gasteiger charge is 2.34. The molecule has 12 aromatic carbocycles. The Labute approximate surface area is 454 Å². The number of hydrogen-bond donors (Lipinski definition) is 0. The smallest absolute Gasteiger partial charge is 0.0462 e. The van der Waals surface area contributed by atoms with Crippen molar-refractivity contribution in [3.63, 3.8) is 0 Å². The Morgan fingerprint density at radius 2 is 0.545 bits per heavy atom. The van der Waals surface area contributed by atoms with E-state index < -0.39 is 10.0 Å². The minimum Gasteiger partial charge on any atom is -0.311 e. The van der Waals surface area contributed by atoms with Crippen LogP contribution in [0.5, 0.6) is 0 Å². The van der Waals surface area contributed by atoms with Gasteiger partial charge in [0.15, 0.2) is 0 Å². The predicted molar refractivity (Wildman–Crippen MR) is 330 cm³/mol. The fourth-order valence-corrected chi connectivity index (χ4v) is 14.3. The van der Waals surface area contributed by atoms with Crippen LogP contribution in [0.2, 0.25) is 0 Å². The molecule has 4 heteroatoms. The summed E-state index contributed by atoms with van der Waals surface area (Å²) < 4.78 is 0. The van der Waals surface area contributed by atoms with Crippen molar-refractivity contribution in [3.8, 4) is 44.5 Å². The van der Waals surface area contributed by atoms with Crippen LogP contribution in [-0.4, -0.2) is 12.0 Å². The average Bonchev–Trinajstić information content (AvgIpc) is 3.64. The summed E-state index contributed by atoms with van der Waals surface area (Å²) in [5.74, 6) is 1.02. The number of hydrogen-bond acceptors (Lipinski definition) is 3. The largest absolute Gasteiger partial charge is 0.311 e. The predicted octanol–water partition coefficient (Wildman–Crippen LogP) is 21.1. The molecule has 12 aromatic rings. The van der Waals surface area contributed by atoms with Crippen LogP contribution in [0, 0.1) is 0 Å². The molecule has 0 aromatic heterocycles. The number of nitrogens with zero attached hydrogens (tertiary/aromatic N) is 3. The molecule has 3 nitrogen and oxygen atoms in total. The molecule has 0 fully saturated rings. The van der Waals surface area contributed by atoms with Crippen molar-refractivity contribution < 1.29 is 0 Å². The lowest BCUT2D eigenvalue weighted by Gasteiger charge is -2.43. The van der Waals surface area contributed by atoms with Gasteiger partial charge in [-0.05, 0) is 201 Å². The van der Waals surface area contributed by atoms with Crippen molar-refractivity contribution in [3.05, 3.63) is 297 Å². The van der Waals surface area contributed by atoms with E-state index in [-0.39, 0.29) is 0 Å². The van der Waals surface area contributed by atoms with E-state index in [1.54, 1.807) is 0 Å². The summed E-state index contributed by atoms with van der Waals surface area (Å²) in [5.41, 5.74) is 20.0. The third-order valence-electron chi connectivity index (χ3n) is 15.3. The van der Waals surface area contributed by atoms with E-state index in [0.717, 1.165) is 56.9 Å². The first-order chi connectivity index (χ1) is 38.0. The van der Waals surface area contributed by atoms with Crippen LogP contribution in [0.4, 0.5) is 51.2 Å². The van der Waals surface area contributed by atoms with Gasteiger partial charge in [-0.2, -0.15) is 10.0 Å². The van der Waals surface area contributed by atoms with Crippen molar-refractivity contribution >= 4 is 72.0 Å². The molecule has 1 aliphatic rings. The van der Waals surface area contributed by atoms with Gasteiger partial charge >= 0.3 is 0 Å². The van der Waals surface area contributed by atoms with Crippen LogP contribution in [0.15, 0.2) is 307 Å². The number of anilines is 9. The molecule has 1 atom stereocenters. The van der Waals surface area contributed by atoms with Crippen molar-refractivity contribution in [2.75, 3.05) is 26.7 Å². The van der Waals surface area contributed by atoms with Crippen LogP contribution in [0.25, 0.3) is 55.3 Å². The maximum Gasteiger partial charge on any atom is 0.0462 e. The quantitative estimate of drug-likeness (QED) is 0.114. The molecule has 370 valence electrons. The summed E-state index contributed by atoms with van der Waals surface area (Å²) in [4.78, 5) is 9.88. The highest BCUT2D eigenvalue weighted by atomic mass is 32.3. The van der Waals surface area contributed by atoms with Gasteiger partial charge < -0.3 is 14.7 Å². The normalized spacial score (nSPS) is 14.3. The van der Waals surface area contributed by atoms with E-state index in [2.05, 4.69) is 325 Å². The summed E-state index contributed by atoms with van der Waals surface area (Å²) in [7, 11) is -1.52. The number of rotatable bonds is 13. The van der Waals surface area contributed by atoms with Gasteiger partial charge in [-0.1, -0.05) is 165 Å². The van der Waals surface area contributed by atoms with Gasteiger partial charge in [0.05, 0.1) is 0 Å². The van der Waals surface area contributed by atoms with E-state index in [9.17, 15) is 0 Å². The van der Waals surface area contributed by atoms with E-state index in [0.29, 0.717) is 0 Å². The van der Waals surface area contributed by atoms with E-state index in [4.69, 9.17) is 0 Å². The third kappa shape index (κ3) is 8.93. The molecule has 0 aliphatic carbocycles. The van der Waals surface area contributed by atoms with Gasteiger partial charge in [0.1, 0.15) is 0 Å². The molecule has 0 amide bonds. The second kappa shape index (κ2) is 20.4. The maximum absolute atomic E-state index is 2.55. The lowest BCUT2D eigenvalue weighted by Crippen LogP contribution is -2.11. The molecule has 0 N–H and O–H groups in total. The van der Waals surface area contributed by atoms with E-state index in [1.807, 2.05) is 0 Å². The average molecular weight is 1010 g/mol. The minimum absolute atomic E-state index is 1.02. The molecular formula is C73H57N3S. The molecule has 77 heavy (non-hydrogen) atoms. The Bertz CT molecular complexity index is 3860. The molecule has 1 heterocycles. The zero-order valence-corrected chi connectivity index (χ0v) is 44.1. The molecule has 1 unspecified atom stereocenters. The van der Waals surface area contributed by atoms with Gasteiger partial charge in [0.25, 0.3) is 0 Å². The zero-order valence-electron chi connectivity index (χ0n) is 43.2. The van der Waals surface area contributed by atoms with Crippen molar-refractivity contribution in [2.24, 2.45) is 0 Å². The van der Waals surface area contributed by atoms with Gasteiger partial charge in [-0.15, -0.1) is 0 Å². The van der Waals surface area contributed by atoms with Crippen LogP contribution in [-0.2, 0) is 0 Å². The van der Waals surface area contributed by atoms with Crippen molar-refractivity contribution in [2.45, 2.75) is 16.7 Å². The topological polar surface area (TPSA) is 9.72 Å². The summed E-state index contributed by atoms with van der Waals surface area (Å²) in [6, 6.07) is 108. The van der Waals surface area contributed by atoms with Gasteiger partial charge in [-0.25, -0.2) is 0 Å². The first-order valence-electron chi connectivity index (χ1n) is 26.6. The van der Waals surface area contributed by atoms with Crippen LogP contribution in [0.3, 0.4) is 0 Å². The van der Waals surface area contributed by atoms with Crippen LogP contribution < -0.4 is 14.7 Å². The van der Waals surface area contributed by atoms with Gasteiger partial charge in [0, 0.05) is 66.4 Å². The molecular weight excluding hydrogens is 951 g/mol. The summed E-state index contributed by atoms with van der Waals surface area (Å²) in [5, 5.41) is 2.64. The Morgan fingerprint density at radius 3 is 0.883 bits per heavy atom. The minimum atomic E-state index is -1.52. The molecule has 0 saturated heterocycles. The second-order valence-corrected chi connectivity index (χ2v) is 23.5. The lowest BCUT2D eigenvalue weighted by atomic mass is 9.90.